The maximum Gasteiger partial charge on any atom is 0.490 e. The summed E-state index contributed by atoms with van der Waals surface area (Å²) in [6.45, 7) is 9.44. The Morgan fingerprint density at radius 1 is 0.766 bits per heavy atom. The van der Waals surface area contributed by atoms with Crippen molar-refractivity contribution < 1.29 is 74.0 Å². The molecule has 270 valence electrons. The fraction of sp³-hybridized carbons (Fsp3) is 0.679. The lowest BCUT2D eigenvalue weighted by molar-refractivity contribution is -0.193. The average Bonchev–Trinajstić information content (AvgIpc) is 3.34. The van der Waals surface area contributed by atoms with Gasteiger partial charge < -0.3 is 29.9 Å². The normalized spacial score (nSPS) is 22.6. The van der Waals surface area contributed by atoms with E-state index in [1.54, 1.807) is 0 Å². The van der Waals surface area contributed by atoms with Crippen molar-refractivity contribution in [2.75, 3.05) is 59.4 Å². The molecule has 1 spiro atoms. The van der Waals surface area contributed by atoms with E-state index in [9.17, 15) is 39.5 Å². The van der Waals surface area contributed by atoms with Gasteiger partial charge in [-0.15, -0.1) is 0 Å². The lowest BCUT2D eigenvalue weighted by Crippen LogP contribution is -2.51. The second-order valence-corrected chi connectivity index (χ2v) is 11.1. The maximum absolute atomic E-state index is 10.6. The van der Waals surface area contributed by atoms with Crippen molar-refractivity contribution in [2.24, 2.45) is 0 Å². The summed E-state index contributed by atoms with van der Waals surface area (Å²) in [5.41, 5.74) is 1.59. The minimum atomic E-state index is -5.08. The summed E-state index contributed by atoms with van der Waals surface area (Å²) < 4.78 is 102. The molecule has 3 aliphatic rings. The molecule has 1 aromatic rings. The zero-order valence-electron chi connectivity index (χ0n) is 25.4. The lowest BCUT2D eigenvalue weighted by atomic mass is 9.90. The smallest absolute Gasteiger partial charge is 0.475 e. The molecule has 0 unspecified atom stereocenters. The Labute approximate surface area is 264 Å². The Kier molecular flexibility index (Phi) is 16.4. The average molecular weight is 700 g/mol. The van der Waals surface area contributed by atoms with Crippen LogP contribution in [0, 0.1) is 0 Å². The van der Waals surface area contributed by atoms with Crippen LogP contribution in [0.3, 0.4) is 0 Å². The second kappa shape index (κ2) is 18.4. The molecule has 3 heterocycles. The van der Waals surface area contributed by atoms with E-state index in [4.69, 9.17) is 34.4 Å². The van der Waals surface area contributed by atoms with E-state index in [0.29, 0.717) is 6.10 Å². The molecule has 3 aliphatic heterocycles. The van der Waals surface area contributed by atoms with Crippen molar-refractivity contribution in [3.05, 3.63) is 35.9 Å². The Bertz CT molecular complexity index is 1060. The van der Waals surface area contributed by atoms with Gasteiger partial charge in [0.15, 0.2) is 0 Å². The molecule has 2 atom stereocenters. The molecule has 0 saturated carbocycles. The molecule has 3 N–H and O–H groups in total. The number of likely N-dealkylation sites (N-methyl/N-ethyl adjacent to an activating group) is 1. The second-order valence-electron chi connectivity index (χ2n) is 11.1. The molecule has 47 heavy (non-hydrogen) atoms. The first-order valence-electron chi connectivity index (χ1n) is 14.3. The molecule has 19 heteroatoms. The number of alkyl halides is 9. The van der Waals surface area contributed by atoms with Crippen molar-refractivity contribution in [1.82, 2.24) is 14.7 Å². The van der Waals surface area contributed by atoms with Gasteiger partial charge in [-0.05, 0) is 44.7 Å². The van der Waals surface area contributed by atoms with Crippen LogP contribution < -0.4 is 0 Å². The van der Waals surface area contributed by atoms with Crippen LogP contribution in [-0.4, -0.2) is 138 Å². The van der Waals surface area contributed by atoms with E-state index < -0.39 is 36.4 Å². The molecule has 0 radical (unpaired) electrons. The van der Waals surface area contributed by atoms with E-state index in [2.05, 4.69) is 52.1 Å². The highest BCUT2D eigenvalue weighted by atomic mass is 19.4. The number of carboxylic acids is 3. The van der Waals surface area contributed by atoms with Crippen LogP contribution in [0.5, 0.6) is 0 Å². The van der Waals surface area contributed by atoms with Crippen LogP contribution in [0.15, 0.2) is 30.3 Å². The number of aliphatic carboxylic acids is 3. The standard InChI is InChI=1S/C22H35N3O.3C2HF3O2/c1-23-14-16-24(17-15-23)18-21-8-5-10-22(26-21)11-13-25(19-22)12-9-20-6-3-2-4-7-20;3*3-2(4,5)1(6)7/h2-4,6-7,21H,5,8-19H2,1H3;3*(H,6,7)/t21-,22-;;;/m1.../s1. The van der Waals surface area contributed by atoms with Crippen LogP contribution in [0.4, 0.5) is 39.5 Å². The molecule has 10 nitrogen and oxygen atoms in total. The van der Waals surface area contributed by atoms with E-state index >= 15 is 0 Å². The van der Waals surface area contributed by atoms with E-state index in [-0.39, 0.29) is 5.60 Å². The number of carbonyl (C=O) groups is 3. The molecule has 4 rings (SSSR count). The fourth-order valence-electron chi connectivity index (χ4n) is 4.92. The zero-order valence-corrected chi connectivity index (χ0v) is 25.4. The number of halogens is 9. The quantitative estimate of drug-likeness (QED) is 0.381. The third-order valence-corrected chi connectivity index (χ3v) is 7.32. The van der Waals surface area contributed by atoms with Gasteiger partial charge in [0.25, 0.3) is 0 Å². The molecule has 1 aromatic carbocycles. The fourth-order valence-corrected chi connectivity index (χ4v) is 4.92. The largest absolute Gasteiger partial charge is 0.490 e. The van der Waals surface area contributed by atoms with E-state index in [0.717, 1.165) is 26.1 Å². The number of hydrogen-bond acceptors (Lipinski definition) is 7. The molecule has 3 saturated heterocycles. The first-order chi connectivity index (χ1) is 21.5. The number of rotatable bonds is 5. The van der Waals surface area contributed by atoms with Gasteiger partial charge in [0, 0.05) is 52.4 Å². The number of carboxylic acid groups (broad SMARTS) is 3. The Morgan fingerprint density at radius 2 is 1.23 bits per heavy atom. The van der Waals surface area contributed by atoms with Crippen LogP contribution >= 0.6 is 0 Å². The summed E-state index contributed by atoms with van der Waals surface area (Å²) in [6, 6.07) is 10.9. The van der Waals surface area contributed by atoms with Crippen molar-refractivity contribution in [2.45, 2.75) is 62.3 Å². The first kappa shape index (κ1) is 41.9. The summed E-state index contributed by atoms with van der Waals surface area (Å²) in [4.78, 5) is 34.4. The molecule has 0 bridgehead atoms. The Morgan fingerprint density at radius 3 is 1.68 bits per heavy atom. The molecular weight excluding hydrogens is 661 g/mol. The van der Waals surface area contributed by atoms with Gasteiger partial charge in [-0.1, -0.05) is 30.3 Å². The molecule has 0 aromatic heterocycles. The Hall–Kier alpha value is -3.16. The van der Waals surface area contributed by atoms with Crippen LogP contribution in [0.25, 0.3) is 0 Å². The minimum absolute atomic E-state index is 0.145. The molecule has 0 amide bonds. The van der Waals surface area contributed by atoms with Gasteiger partial charge in [-0.2, -0.15) is 39.5 Å². The van der Waals surface area contributed by atoms with E-state index in [1.165, 1.54) is 64.0 Å². The SMILES string of the molecule is CN1CCN(C[C@H]2CCC[C@]3(CCN(CCc4ccccc4)C3)O2)CC1.O=C(O)C(F)(F)F.O=C(O)C(F)(F)F.O=C(O)C(F)(F)F. The van der Waals surface area contributed by atoms with Crippen LogP contribution in [0.1, 0.15) is 31.2 Å². The number of ether oxygens (including phenoxy) is 1. The predicted octanol–water partition coefficient (Wildman–Crippen LogP) is 4.39. The van der Waals surface area contributed by atoms with Gasteiger partial charge in [-0.25, -0.2) is 14.4 Å². The highest BCUT2D eigenvalue weighted by Crippen LogP contribution is 2.37. The summed E-state index contributed by atoms with van der Waals surface area (Å²) in [5, 5.41) is 21.4. The van der Waals surface area contributed by atoms with Gasteiger partial charge in [0.2, 0.25) is 0 Å². The van der Waals surface area contributed by atoms with E-state index in [1.807, 2.05) is 0 Å². The highest BCUT2D eigenvalue weighted by molar-refractivity contribution is 5.73. The number of likely N-dealkylation sites (tertiary alicyclic amines) is 1. The van der Waals surface area contributed by atoms with Crippen molar-refractivity contribution >= 4 is 17.9 Å². The summed E-state index contributed by atoms with van der Waals surface area (Å²) in [7, 11) is 2.23. The van der Waals surface area contributed by atoms with Gasteiger partial charge >= 0.3 is 36.4 Å². The number of nitrogens with zero attached hydrogens (tertiary/aromatic N) is 3. The topological polar surface area (TPSA) is 131 Å². The summed E-state index contributed by atoms with van der Waals surface area (Å²) >= 11 is 0. The maximum atomic E-state index is 10.6. The predicted molar refractivity (Wildman–Crippen MR) is 148 cm³/mol. The number of piperazine rings is 1. The monoisotopic (exact) mass is 699 g/mol. The Balaban J connectivity index is 0.000000430. The first-order valence-corrected chi connectivity index (χ1v) is 14.3. The summed E-state index contributed by atoms with van der Waals surface area (Å²) in [5.74, 6) is -8.27. The lowest BCUT2D eigenvalue weighted by Gasteiger charge is -2.42. The number of hydrogen-bond donors (Lipinski definition) is 3. The molecule has 0 aliphatic carbocycles. The highest BCUT2D eigenvalue weighted by Gasteiger charge is 2.43. The third-order valence-electron chi connectivity index (χ3n) is 7.32. The van der Waals surface area contributed by atoms with Crippen LogP contribution in [0.2, 0.25) is 0 Å². The minimum Gasteiger partial charge on any atom is -0.475 e. The van der Waals surface area contributed by atoms with Crippen LogP contribution in [-0.2, 0) is 25.5 Å². The van der Waals surface area contributed by atoms with Gasteiger partial charge in [0.05, 0.1) is 11.7 Å². The van der Waals surface area contributed by atoms with Crippen molar-refractivity contribution in [3.63, 3.8) is 0 Å². The van der Waals surface area contributed by atoms with Gasteiger partial charge in [0.1, 0.15) is 0 Å². The van der Waals surface area contributed by atoms with Gasteiger partial charge in [-0.3, -0.25) is 4.90 Å². The van der Waals surface area contributed by atoms with Crippen molar-refractivity contribution in [3.8, 4) is 0 Å². The molecule has 3 fully saturated rings. The number of benzene rings is 1. The summed E-state index contributed by atoms with van der Waals surface area (Å²) in [6.07, 6.45) is -8.58. The third kappa shape index (κ3) is 17.0. The molecular formula is C28H38F9N3O7. The van der Waals surface area contributed by atoms with Crippen molar-refractivity contribution in [1.29, 1.82) is 0 Å². The zero-order chi connectivity index (χ0) is 36.1.